The standard InChI is InChI=1S/C16H22BrN3/c17-13-7-5-11(6-8-13)12-9-15(10-12)20-16(18)19-14-3-1-2-4-14/h5-8,12,14-15H,1-4,9-10H2,(H3,18,19,20). The molecule has 2 saturated carbocycles. The lowest BCUT2D eigenvalue weighted by molar-refractivity contribution is 0.323. The molecule has 2 aliphatic carbocycles. The highest BCUT2D eigenvalue weighted by Crippen LogP contribution is 2.37. The zero-order valence-electron chi connectivity index (χ0n) is 11.7. The first kappa shape index (κ1) is 13.9. The predicted octanol–water partition coefficient (Wildman–Crippen LogP) is 3.54. The van der Waals surface area contributed by atoms with Gasteiger partial charge in [-0.05, 0) is 49.3 Å². The lowest BCUT2D eigenvalue weighted by atomic mass is 9.76. The predicted molar refractivity (Wildman–Crippen MR) is 86.9 cm³/mol. The number of rotatable bonds is 3. The Morgan fingerprint density at radius 3 is 2.45 bits per heavy atom. The van der Waals surface area contributed by atoms with Crippen LogP contribution in [0.15, 0.2) is 33.7 Å². The Kier molecular flexibility index (Phi) is 4.29. The topological polar surface area (TPSA) is 50.4 Å². The minimum Gasteiger partial charge on any atom is -0.370 e. The summed E-state index contributed by atoms with van der Waals surface area (Å²) >= 11 is 3.48. The fourth-order valence-corrected chi connectivity index (χ4v) is 3.48. The van der Waals surface area contributed by atoms with Crippen LogP contribution >= 0.6 is 15.9 Å². The van der Waals surface area contributed by atoms with Crippen LogP contribution in [0.3, 0.4) is 0 Å². The van der Waals surface area contributed by atoms with Gasteiger partial charge >= 0.3 is 0 Å². The Hall–Kier alpha value is -1.03. The molecule has 1 aromatic rings. The monoisotopic (exact) mass is 335 g/mol. The normalized spacial score (nSPS) is 27.4. The summed E-state index contributed by atoms with van der Waals surface area (Å²) in [7, 11) is 0. The Bertz CT molecular complexity index is 471. The Morgan fingerprint density at radius 1 is 1.15 bits per heavy atom. The van der Waals surface area contributed by atoms with Gasteiger partial charge in [0.25, 0.3) is 0 Å². The van der Waals surface area contributed by atoms with E-state index < -0.39 is 0 Å². The van der Waals surface area contributed by atoms with E-state index in [1.54, 1.807) is 0 Å². The molecule has 0 aromatic heterocycles. The van der Waals surface area contributed by atoms with Crippen molar-refractivity contribution in [2.24, 2.45) is 10.7 Å². The van der Waals surface area contributed by atoms with Crippen molar-refractivity contribution in [1.29, 1.82) is 0 Å². The number of benzene rings is 1. The summed E-state index contributed by atoms with van der Waals surface area (Å²) in [6.07, 6.45) is 7.32. The van der Waals surface area contributed by atoms with Gasteiger partial charge in [-0.25, -0.2) is 0 Å². The quantitative estimate of drug-likeness (QED) is 0.655. The molecule has 20 heavy (non-hydrogen) atoms. The summed E-state index contributed by atoms with van der Waals surface area (Å²) in [5, 5.41) is 3.37. The van der Waals surface area contributed by atoms with Crippen molar-refractivity contribution >= 4 is 21.9 Å². The van der Waals surface area contributed by atoms with Crippen LogP contribution < -0.4 is 11.1 Å². The molecule has 4 heteroatoms. The number of nitrogens with two attached hydrogens (primary N) is 1. The van der Waals surface area contributed by atoms with Gasteiger partial charge in [-0.3, -0.25) is 4.99 Å². The van der Waals surface area contributed by atoms with E-state index in [9.17, 15) is 0 Å². The second kappa shape index (κ2) is 6.17. The fraction of sp³-hybridized carbons (Fsp3) is 0.562. The molecule has 0 spiro atoms. The molecule has 0 unspecified atom stereocenters. The van der Waals surface area contributed by atoms with Gasteiger partial charge in [0.1, 0.15) is 0 Å². The zero-order chi connectivity index (χ0) is 13.9. The summed E-state index contributed by atoms with van der Waals surface area (Å²) < 4.78 is 1.14. The summed E-state index contributed by atoms with van der Waals surface area (Å²) in [4.78, 5) is 4.58. The first-order chi connectivity index (χ1) is 9.70. The summed E-state index contributed by atoms with van der Waals surface area (Å²) in [5.41, 5.74) is 7.43. The van der Waals surface area contributed by atoms with Gasteiger partial charge < -0.3 is 11.1 Å². The van der Waals surface area contributed by atoms with Crippen molar-refractivity contribution in [2.75, 3.05) is 0 Å². The summed E-state index contributed by atoms with van der Waals surface area (Å²) in [5.74, 6) is 1.32. The Morgan fingerprint density at radius 2 is 1.80 bits per heavy atom. The second-order valence-electron chi connectivity index (χ2n) is 6.01. The molecule has 0 bridgehead atoms. The van der Waals surface area contributed by atoms with Crippen LogP contribution in [0.2, 0.25) is 0 Å². The molecule has 2 aliphatic rings. The molecule has 0 aliphatic heterocycles. The van der Waals surface area contributed by atoms with E-state index in [4.69, 9.17) is 5.73 Å². The van der Waals surface area contributed by atoms with Crippen molar-refractivity contribution in [3.63, 3.8) is 0 Å². The maximum absolute atomic E-state index is 6.00. The van der Waals surface area contributed by atoms with Crippen LogP contribution in [0, 0.1) is 0 Å². The third kappa shape index (κ3) is 3.35. The largest absolute Gasteiger partial charge is 0.370 e. The lowest BCUT2D eigenvalue weighted by Gasteiger charge is -2.36. The van der Waals surface area contributed by atoms with Gasteiger partial charge in [-0.2, -0.15) is 0 Å². The molecular weight excluding hydrogens is 314 g/mol. The van der Waals surface area contributed by atoms with Crippen LogP contribution in [-0.4, -0.2) is 18.0 Å². The number of hydrogen-bond acceptors (Lipinski definition) is 1. The summed E-state index contributed by atoms with van der Waals surface area (Å²) in [6.45, 7) is 0. The second-order valence-corrected chi connectivity index (χ2v) is 6.93. The number of aliphatic imine (C=N–C) groups is 1. The van der Waals surface area contributed by atoms with Crippen molar-refractivity contribution in [2.45, 2.75) is 56.5 Å². The van der Waals surface area contributed by atoms with Gasteiger partial charge in [-0.1, -0.05) is 40.9 Å². The van der Waals surface area contributed by atoms with E-state index >= 15 is 0 Å². The smallest absolute Gasteiger partial charge is 0.189 e. The molecule has 1 aromatic carbocycles. The average Bonchev–Trinajstić information content (AvgIpc) is 2.87. The number of hydrogen-bond donors (Lipinski definition) is 2. The molecule has 3 N–H and O–H groups in total. The Labute approximate surface area is 129 Å². The van der Waals surface area contributed by atoms with Gasteiger partial charge in [0, 0.05) is 10.5 Å². The zero-order valence-corrected chi connectivity index (χ0v) is 13.3. The highest BCUT2D eigenvalue weighted by molar-refractivity contribution is 9.10. The Balaban J connectivity index is 1.47. The third-order valence-corrected chi connectivity index (χ3v) is 5.01. The van der Waals surface area contributed by atoms with E-state index in [2.05, 4.69) is 50.5 Å². The van der Waals surface area contributed by atoms with E-state index in [0.717, 1.165) is 17.3 Å². The molecule has 108 valence electrons. The van der Waals surface area contributed by atoms with Crippen LogP contribution in [0.1, 0.15) is 50.0 Å². The minimum absolute atomic E-state index is 0.463. The molecule has 3 rings (SSSR count). The number of guanidine groups is 1. The molecular formula is C16H22BrN3. The van der Waals surface area contributed by atoms with E-state index in [1.165, 1.54) is 31.2 Å². The number of nitrogens with one attached hydrogen (secondary N) is 1. The van der Waals surface area contributed by atoms with Gasteiger partial charge in [0.2, 0.25) is 0 Å². The van der Waals surface area contributed by atoms with Crippen molar-refractivity contribution in [3.8, 4) is 0 Å². The van der Waals surface area contributed by atoms with Crippen LogP contribution in [0.25, 0.3) is 0 Å². The van der Waals surface area contributed by atoms with Crippen LogP contribution in [-0.2, 0) is 0 Å². The first-order valence-corrected chi connectivity index (χ1v) is 8.35. The molecule has 0 atom stereocenters. The number of nitrogens with zero attached hydrogens (tertiary/aromatic N) is 1. The van der Waals surface area contributed by atoms with Crippen LogP contribution in [0.5, 0.6) is 0 Å². The van der Waals surface area contributed by atoms with E-state index in [1.807, 2.05) is 0 Å². The molecule has 0 saturated heterocycles. The van der Waals surface area contributed by atoms with Crippen molar-refractivity contribution in [3.05, 3.63) is 34.3 Å². The van der Waals surface area contributed by atoms with E-state index in [0.29, 0.717) is 24.0 Å². The maximum atomic E-state index is 6.00. The van der Waals surface area contributed by atoms with Crippen LogP contribution in [0.4, 0.5) is 0 Å². The van der Waals surface area contributed by atoms with E-state index in [-0.39, 0.29) is 0 Å². The highest BCUT2D eigenvalue weighted by Gasteiger charge is 2.30. The molecule has 0 heterocycles. The molecule has 2 fully saturated rings. The fourth-order valence-electron chi connectivity index (χ4n) is 3.22. The highest BCUT2D eigenvalue weighted by atomic mass is 79.9. The molecule has 0 amide bonds. The minimum atomic E-state index is 0.463. The first-order valence-electron chi connectivity index (χ1n) is 7.56. The van der Waals surface area contributed by atoms with Crippen molar-refractivity contribution in [1.82, 2.24) is 5.32 Å². The molecule has 3 nitrogen and oxygen atoms in total. The third-order valence-electron chi connectivity index (χ3n) is 4.48. The number of halogens is 1. The molecule has 0 radical (unpaired) electrons. The van der Waals surface area contributed by atoms with Crippen molar-refractivity contribution < 1.29 is 0 Å². The average molecular weight is 336 g/mol. The maximum Gasteiger partial charge on any atom is 0.189 e. The SMILES string of the molecule is NC(=NC1CCCC1)NC1CC(c2ccc(Br)cc2)C1. The van der Waals surface area contributed by atoms with Gasteiger partial charge in [-0.15, -0.1) is 0 Å². The van der Waals surface area contributed by atoms with Gasteiger partial charge in [0.05, 0.1) is 6.04 Å². The van der Waals surface area contributed by atoms with Gasteiger partial charge in [0.15, 0.2) is 5.96 Å². The lowest BCUT2D eigenvalue weighted by Crippen LogP contribution is -2.47. The summed E-state index contributed by atoms with van der Waals surface area (Å²) in [6, 6.07) is 9.61.